The SMILES string of the molecule is O=C(CNC(=O)[C@H](CCC(=O)OCc1ccccc1)NC(=O)OCc1ccccc1)NCC(=O)N[C@H](CO)C(=O)NCC(=O)Oc1ccc([N+](=O)[O-])cc1. The van der Waals surface area contributed by atoms with Gasteiger partial charge in [0.1, 0.15) is 37.6 Å². The van der Waals surface area contributed by atoms with E-state index in [1.165, 1.54) is 12.1 Å². The summed E-state index contributed by atoms with van der Waals surface area (Å²) in [6.45, 7) is -2.97. The van der Waals surface area contributed by atoms with Crippen LogP contribution in [0.4, 0.5) is 10.5 Å². The van der Waals surface area contributed by atoms with Gasteiger partial charge in [0.2, 0.25) is 23.6 Å². The van der Waals surface area contributed by atoms with Gasteiger partial charge in [-0.1, -0.05) is 60.7 Å². The number of carbonyl (C=O) groups excluding carboxylic acids is 7. The van der Waals surface area contributed by atoms with Gasteiger partial charge in [-0.2, -0.15) is 0 Å². The summed E-state index contributed by atoms with van der Waals surface area (Å²) in [5.74, 6) is -5.17. The molecule has 0 aliphatic carbocycles. The minimum Gasteiger partial charge on any atom is -0.461 e. The molecular formula is C35H38N6O13. The van der Waals surface area contributed by atoms with Crippen molar-refractivity contribution in [3.8, 4) is 5.75 Å². The van der Waals surface area contributed by atoms with Crippen molar-refractivity contribution in [2.45, 2.75) is 38.1 Å². The van der Waals surface area contributed by atoms with E-state index in [1.807, 2.05) is 0 Å². The molecule has 3 rings (SSSR count). The summed E-state index contributed by atoms with van der Waals surface area (Å²) in [4.78, 5) is 97.1. The van der Waals surface area contributed by atoms with E-state index in [2.05, 4.69) is 26.6 Å². The summed E-state index contributed by atoms with van der Waals surface area (Å²) in [6.07, 6.45) is -1.43. The zero-order valence-electron chi connectivity index (χ0n) is 28.7. The first kappa shape index (κ1) is 41.5. The third-order valence-corrected chi connectivity index (χ3v) is 7.09. The van der Waals surface area contributed by atoms with E-state index >= 15 is 0 Å². The number of ether oxygens (including phenoxy) is 3. The summed E-state index contributed by atoms with van der Waals surface area (Å²) in [5.41, 5.74) is 1.21. The van der Waals surface area contributed by atoms with E-state index in [0.717, 1.165) is 17.7 Å². The second-order valence-electron chi connectivity index (χ2n) is 11.2. The summed E-state index contributed by atoms with van der Waals surface area (Å²) in [5, 5.41) is 31.5. The average Bonchev–Trinajstić information content (AvgIpc) is 3.18. The molecule has 54 heavy (non-hydrogen) atoms. The molecule has 286 valence electrons. The molecule has 0 fully saturated rings. The van der Waals surface area contributed by atoms with Crippen molar-refractivity contribution in [1.29, 1.82) is 0 Å². The topological polar surface area (TPSA) is 271 Å². The quantitative estimate of drug-likeness (QED) is 0.0389. The van der Waals surface area contributed by atoms with Gasteiger partial charge in [0.05, 0.1) is 24.6 Å². The molecule has 0 saturated heterocycles. The van der Waals surface area contributed by atoms with E-state index in [0.29, 0.717) is 5.56 Å². The highest BCUT2D eigenvalue weighted by atomic mass is 16.6. The molecule has 3 aromatic rings. The van der Waals surface area contributed by atoms with E-state index in [1.54, 1.807) is 60.7 Å². The monoisotopic (exact) mass is 750 g/mol. The number of aliphatic hydroxyl groups excluding tert-OH is 1. The van der Waals surface area contributed by atoms with Crippen LogP contribution in [0, 0.1) is 10.1 Å². The Bertz CT molecular complexity index is 1760. The van der Waals surface area contributed by atoms with Crippen LogP contribution in [0.5, 0.6) is 5.75 Å². The molecule has 0 spiro atoms. The number of nitrogens with zero attached hydrogens (tertiary/aromatic N) is 1. The summed E-state index contributed by atoms with van der Waals surface area (Å²) in [7, 11) is 0. The molecule has 0 aliphatic heterocycles. The van der Waals surface area contributed by atoms with Crippen molar-refractivity contribution in [3.63, 3.8) is 0 Å². The second kappa shape index (κ2) is 22.1. The third-order valence-electron chi connectivity index (χ3n) is 7.09. The normalized spacial score (nSPS) is 11.4. The van der Waals surface area contributed by atoms with Gasteiger partial charge in [-0.15, -0.1) is 0 Å². The Balaban J connectivity index is 1.43. The van der Waals surface area contributed by atoms with Gasteiger partial charge >= 0.3 is 18.0 Å². The fourth-order valence-corrected chi connectivity index (χ4v) is 4.31. The van der Waals surface area contributed by atoms with Gasteiger partial charge in [0.15, 0.2) is 0 Å². The molecule has 0 bridgehead atoms. The maximum atomic E-state index is 13.0. The molecule has 0 aromatic heterocycles. The van der Waals surface area contributed by atoms with Gasteiger partial charge in [-0.05, 0) is 29.7 Å². The lowest BCUT2D eigenvalue weighted by Crippen LogP contribution is -2.53. The maximum Gasteiger partial charge on any atom is 0.408 e. The van der Waals surface area contributed by atoms with Gasteiger partial charge < -0.3 is 45.9 Å². The Morgan fingerprint density at radius 2 is 1.20 bits per heavy atom. The first-order chi connectivity index (χ1) is 25.9. The second-order valence-corrected chi connectivity index (χ2v) is 11.2. The number of aliphatic hydroxyl groups is 1. The van der Waals surface area contributed by atoms with Crippen molar-refractivity contribution in [3.05, 3.63) is 106 Å². The first-order valence-electron chi connectivity index (χ1n) is 16.3. The fourth-order valence-electron chi connectivity index (χ4n) is 4.31. The van der Waals surface area contributed by atoms with Crippen LogP contribution in [0.2, 0.25) is 0 Å². The number of non-ortho nitro benzene ring substituents is 1. The number of nitro benzene ring substituents is 1. The number of hydrogen-bond donors (Lipinski definition) is 6. The number of alkyl carbamates (subject to hydrolysis) is 1. The highest BCUT2D eigenvalue weighted by Gasteiger charge is 2.25. The van der Waals surface area contributed by atoms with Gasteiger partial charge in [0.25, 0.3) is 5.69 Å². The predicted molar refractivity (Wildman–Crippen MR) is 186 cm³/mol. The number of amides is 5. The Kier molecular flexibility index (Phi) is 17.0. The van der Waals surface area contributed by atoms with E-state index in [-0.39, 0.29) is 37.5 Å². The molecule has 3 aromatic carbocycles. The summed E-state index contributed by atoms with van der Waals surface area (Å²) in [6, 6.07) is 19.4. The van der Waals surface area contributed by atoms with Gasteiger partial charge in [0, 0.05) is 18.6 Å². The number of benzene rings is 3. The molecular weight excluding hydrogens is 712 g/mol. The van der Waals surface area contributed by atoms with E-state index in [4.69, 9.17) is 14.2 Å². The Hall–Kier alpha value is -6.89. The van der Waals surface area contributed by atoms with Crippen LogP contribution in [0.25, 0.3) is 0 Å². The largest absolute Gasteiger partial charge is 0.461 e. The molecule has 19 heteroatoms. The highest BCUT2D eigenvalue weighted by molar-refractivity contribution is 5.93. The van der Waals surface area contributed by atoms with Crippen LogP contribution in [0.3, 0.4) is 0 Å². The fraction of sp³-hybridized carbons (Fsp3) is 0.286. The maximum absolute atomic E-state index is 13.0. The summed E-state index contributed by atoms with van der Waals surface area (Å²) < 4.78 is 15.4. The van der Waals surface area contributed by atoms with Crippen LogP contribution >= 0.6 is 0 Å². The smallest absolute Gasteiger partial charge is 0.408 e. The zero-order valence-corrected chi connectivity index (χ0v) is 28.7. The van der Waals surface area contributed by atoms with Crippen molar-refractivity contribution in [2.75, 3.05) is 26.2 Å². The molecule has 6 N–H and O–H groups in total. The number of carbonyl (C=O) groups is 7. The standard InChI is InChI=1S/C35H38N6O13/c42-20-28(34(48)38-19-32(46)54-26-13-11-25(12-14-26)41(50)51)39-30(44)18-36-29(43)17-37-33(47)27(40-35(49)53-22-24-9-5-2-6-10-24)15-16-31(45)52-21-23-7-3-1-4-8-23/h1-14,27-28,42H,15-22H2,(H,36,43)(H,37,47)(H,38,48)(H,39,44)(H,40,49)/t27-,28+/m0/s1. The van der Waals surface area contributed by atoms with Crippen molar-refractivity contribution in [2.24, 2.45) is 0 Å². The Labute approximate surface area is 307 Å². The minimum absolute atomic E-state index is 0.00131. The van der Waals surface area contributed by atoms with Gasteiger partial charge in [-0.25, -0.2) is 9.59 Å². The van der Waals surface area contributed by atoms with E-state index in [9.17, 15) is 48.8 Å². The average molecular weight is 751 g/mol. The molecule has 0 heterocycles. The lowest BCUT2D eigenvalue weighted by molar-refractivity contribution is -0.384. The molecule has 0 aliphatic rings. The highest BCUT2D eigenvalue weighted by Crippen LogP contribution is 2.17. The molecule has 0 radical (unpaired) electrons. The van der Waals surface area contributed by atoms with Crippen molar-refractivity contribution in [1.82, 2.24) is 26.6 Å². The third kappa shape index (κ3) is 15.6. The molecule has 2 atom stereocenters. The van der Waals surface area contributed by atoms with Crippen molar-refractivity contribution >= 4 is 47.3 Å². The lowest BCUT2D eigenvalue weighted by atomic mass is 10.1. The number of rotatable bonds is 20. The number of nitro groups is 1. The molecule has 19 nitrogen and oxygen atoms in total. The van der Waals surface area contributed by atoms with Crippen molar-refractivity contribution < 1.29 is 57.8 Å². The summed E-state index contributed by atoms with van der Waals surface area (Å²) >= 11 is 0. The first-order valence-corrected chi connectivity index (χ1v) is 16.3. The Morgan fingerprint density at radius 1 is 0.648 bits per heavy atom. The lowest BCUT2D eigenvalue weighted by Gasteiger charge is -2.18. The predicted octanol–water partition coefficient (Wildman–Crippen LogP) is 0.145. The number of esters is 2. The van der Waals surface area contributed by atoms with E-state index < -0.39 is 84.9 Å². The Morgan fingerprint density at radius 3 is 1.80 bits per heavy atom. The molecule has 0 saturated carbocycles. The van der Waals surface area contributed by atoms with Crippen LogP contribution in [-0.4, -0.2) is 90.0 Å². The van der Waals surface area contributed by atoms with Gasteiger partial charge in [-0.3, -0.25) is 34.1 Å². The number of hydrogen-bond acceptors (Lipinski definition) is 13. The zero-order chi connectivity index (χ0) is 39.3. The van der Waals surface area contributed by atoms with Crippen LogP contribution in [0.1, 0.15) is 24.0 Å². The number of nitrogens with one attached hydrogen (secondary N) is 5. The van der Waals surface area contributed by atoms with Crippen LogP contribution < -0.4 is 31.3 Å². The van der Waals surface area contributed by atoms with Crippen LogP contribution in [-0.2, 0) is 51.5 Å². The molecule has 0 unspecified atom stereocenters. The minimum atomic E-state index is -1.52. The molecule has 5 amide bonds. The van der Waals surface area contributed by atoms with Crippen LogP contribution in [0.15, 0.2) is 84.9 Å².